The molecule has 2 N–H and O–H groups in total. The van der Waals surface area contributed by atoms with Crippen LogP contribution in [0.1, 0.15) is 18.4 Å². The molecule has 4 nitrogen and oxygen atoms in total. The van der Waals surface area contributed by atoms with Crippen molar-refractivity contribution < 1.29 is 28.2 Å². The molecule has 0 radical (unpaired) electrons. The lowest BCUT2D eigenvalue weighted by Crippen LogP contribution is -2.56. The van der Waals surface area contributed by atoms with Crippen molar-refractivity contribution >= 4 is 5.97 Å². The highest BCUT2D eigenvalue weighted by Crippen LogP contribution is 2.36. The van der Waals surface area contributed by atoms with Crippen LogP contribution in [0.3, 0.4) is 0 Å². The molecular formula is C16H20F3NO3. The van der Waals surface area contributed by atoms with E-state index in [0.29, 0.717) is 0 Å². The molecule has 2 rings (SSSR count). The Morgan fingerprint density at radius 2 is 1.96 bits per heavy atom. The highest BCUT2D eigenvalue weighted by Gasteiger charge is 2.48. The summed E-state index contributed by atoms with van der Waals surface area (Å²) in [6.07, 6.45) is -6.13. The van der Waals surface area contributed by atoms with Gasteiger partial charge in [-0.25, -0.2) is 0 Å². The summed E-state index contributed by atoms with van der Waals surface area (Å²) in [7, 11) is 0. The number of likely N-dealkylation sites (tertiary alicyclic amines) is 1. The highest BCUT2D eigenvalue weighted by atomic mass is 19.4. The van der Waals surface area contributed by atoms with E-state index in [0.717, 1.165) is 5.56 Å². The molecule has 0 unspecified atom stereocenters. The normalized spacial score (nSPS) is 26.2. The monoisotopic (exact) mass is 331 g/mol. The largest absolute Gasteiger partial charge is 0.481 e. The van der Waals surface area contributed by atoms with Crippen LogP contribution >= 0.6 is 0 Å². The quantitative estimate of drug-likeness (QED) is 0.869. The molecule has 0 bridgehead atoms. The van der Waals surface area contributed by atoms with E-state index in [1.807, 2.05) is 6.07 Å². The maximum Gasteiger partial charge on any atom is 0.390 e. The number of carboxylic acid groups (broad SMARTS) is 1. The summed E-state index contributed by atoms with van der Waals surface area (Å²) in [4.78, 5) is 13.2. The number of hydrogen-bond donors (Lipinski definition) is 2. The molecule has 1 aromatic carbocycles. The number of nitrogens with zero attached hydrogens (tertiary/aromatic N) is 1. The van der Waals surface area contributed by atoms with Crippen molar-refractivity contribution in [2.75, 3.05) is 19.6 Å². The van der Waals surface area contributed by atoms with E-state index >= 15 is 0 Å². The van der Waals surface area contributed by atoms with Crippen LogP contribution in [0.5, 0.6) is 0 Å². The highest BCUT2D eigenvalue weighted by molar-refractivity contribution is 5.76. The number of halogens is 3. The molecule has 0 amide bonds. The molecule has 1 aliphatic rings. The third-order valence-corrected chi connectivity index (χ3v) is 4.44. The molecule has 0 aromatic heterocycles. The third kappa shape index (κ3) is 4.45. The molecule has 23 heavy (non-hydrogen) atoms. The van der Waals surface area contributed by atoms with E-state index in [1.165, 1.54) is 4.90 Å². The van der Waals surface area contributed by atoms with Crippen LogP contribution in [-0.2, 0) is 11.2 Å². The Hall–Kier alpha value is -1.60. The second kappa shape index (κ2) is 6.88. The van der Waals surface area contributed by atoms with Gasteiger partial charge in [0, 0.05) is 13.1 Å². The van der Waals surface area contributed by atoms with Gasteiger partial charge < -0.3 is 15.1 Å². The number of aliphatic hydroxyl groups excluding tert-OH is 1. The van der Waals surface area contributed by atoms with E-state index in [4.69, 9.17) is 0 Å². The van der Waals surface area contributed by atoms with Gasteiger partial charge in [0.25, 0.3) is 0 Å². The van der Waals surface area contributed by atoms with Crippen molar-refractivity contribution in [2.24, 2.45) is 5.41 Å². The van der Waals surface area contributed by atoms with Crippen LogP contribution in [-0.4, -0.2) is 53.0 Å². The van der Waals surface area contributed by atoms with Crippen LogP contribution in [0.25, 0.3) is 0 Å². The zero-order chi connectivity index (χ0) is 17.1. The first-order valence-electron chi connectivity index (χ1n) is 7.47. The summed E-state index contributed by atoms with van der Waals surface area (Å²) >= 11 is 0. The summed E-state index contributed by atoms with van der Waals surface area (Å²) in [6.45, 7) is -0.0525. The fourth-order valence-corrected chi connectivity index (χ4v) is 3.01. The Kier molecular flexibility index (Phi) is 5.31. The number of carbonyl (C=O) groups is 1. The number of alkyl halides is 3. The lowest BCUT2D eigenvalue weighted by Gasteiger charge is -2.43. The van der Waals surface area contributed by atoms with Crippen LogP contribution < -0.4 is 0 Å². The topological polar surface area (TPSA) is 60.8 Å². The number of aliphatic carboxylic acids is 1. The van der Waals surface area contributed by atoms with Gasteiger partial charge in [-0.1, -0.05) is 30.3 Å². The van der Waals surface area contributed by atoms with Crippen LogP contribution in [0, 0.1) is 5.41 Å². The summed E-state index contributed by atoms with van der Waals surface area (Å²) in [5.41, 5.74) is -0.562. The standard InChI is InChI=1S/C16H20F3NO3/c17-16(18,19)7-9-20-8-6-15(14(22)23,13(21)11-20)10-12-4-2-1-3-5-12/h1-5,13,21H,6-11H2,(H,22,23)/t13-,15+/m0/s1. The Bertz CT molecular complexity index is 535. The van der Waals surface area contributed by atoms with Crippen molar-refractivity contribution in [3.05, 3.63) is 35.9 Å². The van der Waals surface area contributed by atoms with Gasteiger partial charge >= 0.3 is 12.1 Å². The van der Waals surface area contributed by atoms with Gasteiger partial charge in [-0.2, -0.15) is 13.2 Å². The number of benzene rings is 1. The van der Waals surface area contributed by atoms with Gasteiger partial charge in [0.15, 0.2) is 0 Å². The molecule has 1 heterocycles. The zero-order valence-corrected chi connectivity index (χ0v) is 12.6. The van der Waals surface area contributed by atoms with Crippen molar-refractivity contribution in [3.8, 4) is 0 Å². The number of aliphatic hydroxyl groups is 1. The van der Waals surface area contributed by atoms with Crippen LogP contribution in [0.2, 0.25) is 0 Å². The van der Waals surface area contributed by atoms with E-state index < -0.39 is 30.1 Å². The third-order valence-electron chi connectivity index (χ3n) is 4.44. The van der Waals surface area contributed by atoms with Gasteiger partial charge in [0.1, 0.15) is 5.41 Å². The van der Waals surface area contributed by atoms with Crippen molar-refractivity contribution in [1.29, 1.82) is 0 Å². The second-order valence-corrected chi connectivity index (χ2v) is 6.06. The number of carboxylic acids is 1. The maximum absolute atomic E-state index is 12.3. The van der Waals surface area contributed by atoms with Gasteiger partial charge in [-0.15, -0.1) is 0 Å². The lowest BCUT2D eigenvalue weighted by molar-refractivity contribution is -0.165. The molecule has 128 valence electrons. The number of piperidine rings is 1. The Morgan fingerprint density at radius 1 is 1.30 bits per heavy atom. The Balaban J connectivity index is 2.06. The molecule has 0 saturated carbocycles. The molecule has 1 aromatic rings. The fraction of sp³-hybridized carbons (Fsp3) is 0.562. The molecule has 2 atom stereocenters. The van der Waals surface area contributed by atoms with E-state index in [1.54, 1.807) is 24.3 Å². The van der Waals surface area contributed by atoms with Gasteiger partial charge in [-0.3, -0.25) is 4.79 Å². The first kappa shape index (κ1) is 17.7. The molecular weight excluding hydrogens is 311 g/mol. The lowest BCUT2D eigenvalue weighted by atomic mass is 9.71. The fourth-order valence-electron chi connectivity index (χ4n) is 3.01. The second-order valence-electron chi connectivity index (χ2n) is 6.06. The summed E-state index contributed by atoms with van der Waals surface area (Å²) in [6, 6.07) is 8.96. The number of rotatable bonds is 5. The molecule has 1 saturated heterocycles. The minimum atomic E-state index is -4.25. The predicted molar refractivity (Wildman–Crippen MR) is 78.0 cm³/mol. The summed E-state index contributed by atoms with van der Waals surface area (Å²) in [5, 5.41) is 20.0. The average Bonchev–Trinajstić information content (AvgIpc) is 2.48. The minimum Gasteiger partial charge on any atom is -0.481 e. The SMILES string of the molecule is O=C(O)[C@@]1(Cc2ccccc2)CCN(CCC(F)(F)F)C[C@@H]1O. The average molecular weight is 331 g/mol. The van der Waals surface area contributed by atoms with E-state index in [9.17, 15) is 28.2 Å². The summed E-state index contributed by atoms with van der Waals surface area (Å²) in [5.74, 6) is -1.11. The van der Waals surface area contributed by atoms with Gasteiger partial charge in [-0.05, 0) is 24.9 Å². The number of β-amino-alcohol motifs (C(OH)–C–C–N with tert-alkyl or cyclic N) is 1. The van der Waals surface area contributed by atoms with Gasteiger partial charge in [0.05, 0.1) is 12.5 Å². The van der Waals surface area contributed by atoms with Crippen molar-refractivity contribution in [1.82, 2.24) is 4.90 Å². The Morgan fingerprint density at radius 3 is 2.48 bits per heavy atom. The molecule has 1 aliphatic heterocycles. The maximum atomic E-state index is 12.3. The minimum absolute atomic E-state index is 0.0603. The molecule has 1 fully saturated rings. The molecule has 0 aliphatic carbocycles. The van der Waals surface area contributed by atoms with Gasteiger partial charge in [0.2, 0.25) is 0 Å². The zero-order valence-electron chi connectivity index (χ0n) is 12.6. The van der Waals surface area contributed by atoms with Crippen molar-refractivity contribution in [3.63, 3.8) is 0 Å². The predicted octanol–water partition coefficient (Wildman–Crippen LogP) is 2.32. The van der Waals surface area contributed by atoms with Crippen LogP contribution in [0.15, 0.2) is 30.3 Å². The molecule has 7 heteroatoms. The van der Waals surface area contributed by atoms with Crippen LogP contribution in [0.4, 0.5) is 13.2 Å². The summed E-state index contributed by atoms with van der Waals surface area (Å²) < 4.78 is 36.9. The van der Waals surface area contributed by atoms with Crippen molar-refractivity contribution in [2.45, 2.75) is 31.5 Å². The number of hydrogen-bond acceptors (Lipinski definition) is 3. The van der Waals surface area contributed by atoms with E-state index in [-0.39, 0.29) is 32.5 Å². The first-order valence-corrected chi connectivity index (χ1v) is 7.47. The van der Waals surface area contributed by atoms with E-state index in [2.05, 4.69) is 0 Å². The smallest absolute Gasteiger partial charge is 0.390 e. The molecule has 0 spiro atoms. The first-order chi connectivity index (χ1) is 10.7. The Labute approximate surface area is 132 Å².